The quantitative estimate of drug-likeness (QED) is 0.671. The lowest BCUT2D eigenvalue weighted by Crippen LogP contribution is -2.26. The third-order valence-electron chi connectivity index (χ3n) is 3.95. The van der Waals surface area contributed by atoms with E-state index >= 15 is 0 Å². The summed E-state index contributed by atoms with van der Waals surface area (Å²) >= 11 is 1.39. The summed E-state index contributed by atoms with van der Waals surface area (Å²) in [5, 5.41) is 12.1. The molecule has 0 saturated carbocycles. The van der Waals surface area contributed by atoms with Gasteiger partial charge in [0.05, 0.1) is 11.1 Å². The summed E-state index contributed by atoms with van der Waals surface area (Å²) in [4.78, 5) is 14.2. The Morgan fingerprint density at radius 1 is 1.00 bits per heavy atom. The second-order valence-corrected chi connectivity index (χ2v) is 6.93. The molecule has 27 heavy (non-hydrogen) atoms. The van der Waals surface area contributed by atoms with Gasteiger partial charge in [-0.05, 0) is 48.4 Å². The van der Waals surface area contributed by atoms with Crippen molar-refractivity contribution in [2.45, 2.75) is 16.2 Å². The van der Waals surface area contributed by atoms with E-state index in [1.54, 1.807) is 18.2 Å². The van der Waals surface area contributed by atoms with Crippen molar-refractivity contribution in [1.29, 1.82) is 5.26 Å². The van der Waals surface area contributed by atoms with Crippen LogP contribution < -0.4 is 5.32 Å². The number of hydrogen-bond acceptors (Lipinski definition) is 3. The molecular formula is C22H17FN2OS. The Labute approximate surface area is 161 Å². The van der Waals surface area contributed by atoms with Gasteiger partial charge in [-0.15, -0.1) is 0 Å². The number of nitrogens with one attached hydrogen (secondary N) is 1. The predicted molar refractivity (Wildman–Crippen MR) is 104 cm³/mol. The van der Waals surface area contributed by atoms with E-state index in [0.29, 0.717) is 24.1 Å². The highest BCUT2D eigenvalue weighted by Gasteiger charge is 2.13. The molecule has 0 radical (unpaired) electrons. The molecule has 0 bridgehead atoms. The molecule has 1 N–H and O–H groups in total. The molecule has 0 heterocycles. The second kappa shape index (κ2) is 9.02. The van der Waals surface area contributed by atoms with Crippen LogP contribution >= 0.6 is 11.8 Å². The van der Waals surface area contributed by atoms with Crippen LogP contribution in [0.5, 0.6) is 0 Å². The fourth-order valence-corrected chi connectivity index (χ4v) is 3.64. The summed E-state index contributed by atoms with van der Waals surface area (Å²) in [6, 6.07) is 23.1. The predicted octanol–water partition coefficient (Wildman–Crippen LogP) is 4.82. The summed E-state index contributed by atoms with van der Waals surface area (Å²) in [5.41, 5.74) is 1.96. The van der Waals surface area contributed by atoms with Crippen LogP contribution in [-0.4, -0.2) is 12.5 Å². The average molecular weight is 376 g/mol. The number of amides is 1. The minimum Gasteiger partial charge on any atom is -0.352 e. The van der Waals surface area contributed by atoms with Crippen LogP contribution in [0.15, 0.2) is 82.6 Å². The maximum Gasteiger partial charge on any atom is 0.252 e. The minimum atomic E-state index is -0.281. The summed E-state index contributed by atoms with van der Waals surface area (Å²) in [7, 11) is 0. The van der Waals surface area contributed by atoms with Crippen molar-refractivity contribution in [3.05, 3.63) is 95.3 Å². The molecule has 0 aliphatic rings. The van der Waals surface area contributed by atoms with Gasteiger partial charge in [-0.2, -0.15) is 5.26 Å². The standard InChI is InChI=1S/C22H17FN2OS/c23-18-8-5-6-16(14-18)12-13-25-22(26)19-9-2-4-11-21(19)27-20-10-3-1-7-17(20)15-24/h1-11,14H,12-13H2,(H,25,26). The Balaban J connectivity index is 1.69. The molecule has 0 atom stereocenters. The van der Waals surface area contributed by atoms with Crippen molar-refractivity contribution >= 4 is 17.7 Å². The lowest BCUT2D eigenvalue weighted by molar-refractivity contribution is 0.0951. The van der Waals surface area contributed by atoms with Crippen LogP contribution in [0.4, 0.5) is 4.39 Å². The molecule has 0 aromatic heterocycles. The van der Waals surface area contributed by atoms with Gasteiger partial charge in [-0.3, -0.25) is 4.79 Å². The average Bonchev–Trinajstić information content (AvgIpc) is 2.69. The minimum absolute atomic E-state index is 0.191. The molecule has 3 nitrogen and oxygen atoms in total. The van der Waals surface area contributed by atoms with E-state index in [0.717, 1.165) is 15.4 Å². The summed E-state index contributed by atoms with van der Waals surface area (Å²) in [6.45, 7) is 0.413. The van der Waals surface area contributed by atoms with Crippen LogP contribution in [0, 0.1) is 17.1 Å². The molecule has 3 rings (SSSR count). The van der Waals surface area contributed by atoms with Crippen LogP contribution in [0.2, 0.25) is 0 Å². The second-order valence-electron chi connectivity index (χ2n) is 5.84. The zero-order valence-corrected chi connectivity index (χ0v) is 15.3. The smallest absolute Gasteiger partial charge is 0.252 e. The van der Waals surface area contributed by atoms with Crippen molar-refractivity contribution in [3.63, 3.8) is 0 Å². The van der Waals surface area contributed by atoms with Crippen molar-refractivity contribution in [2.75, 3.05) is 6.54 Å². The Morgan fingerprint density at radius 2 is 1.74 bits per heavy atom. The van der Waals surface area contributed by atoms with Gasteiger partial charge < -0.3 is 5.32 Å². The van der Waals surface area contributed by atoms with Crippen LogP contribution in [0.3, 0.4) is 0 Å². The molecule has 0 saturated heterocycles. The van der Waals surface area contributed by atoms with Crippen LogP contribution in [-0.2, 0) is 6.42 Å². The van der Waals surface area contributed by atoms with Gasteiger partial charge in [0.1, 0.15) is 11.9 Å². The molecule has 0 unspecified atom stereocenters. The van der Waals surface area contributed by atoms with Gasteiger partial charge in [0, 0.05) is 16.3 Å². The maximum absolute atomic E-state index is 13.2. The normalized spacial score (nSPS) is 10.2. The maximum atomic E-state index is 13.2. The highest BCUT2D eigenvalue weighted by atomic mass is 32.2. The van der Waals surface area contributed by atoms with Gasteiger partial charge in [0.2, 0.25) is 0 Å². The zero-order chi connectivity index (χ0) is 19.1. The van der Waals surface area contributed by atoms with E-state index in [1.165, 1.54) is 23.9 Å². The lowest BCUT2D eigenvalue weighted by atomic mass is 10.1. The van der Waals surface area contributed by atoms with Gasteiger partial charge >= 0.3 is 0 Å². The molecule has 0 aliphatic carbocycles. The van der Waals surface area contributed by atoms with E-state index in [9.17, 15) is 14.4 Å². The Bertz CT molecular complexity index is 997. The first-order valence-electron chi connectivity index (χ1n) is 8.46. The van der Waals surface area contributed by atoms with E-state index < -0.39 is 0 Å². The van der Waals surface area contributed by atoms with Gasteiger partial charge in [0.15, 0.2) is 0 Å². The summed E-state index contributed by atoms with van der Waals surface area (Å²) < 4.78 is 13.2. The molecule has 3 aromatic carbocycles. The van der Waals surface area contributed by atoms with Gasteiger partial charge in [-0.25, -0.2) is 4.39 Å². The number of nitrogens with zero attached hydrogens (tertiary/aromatic N) is 1. The summed E-state index contributed by atoms with van der Waals surface area (Å²) in [5.74, 6) is -0.472. The van der Waals surface area contributed by atoms with E-state index in [4.69, 9.17) is 0 Å². The molecular weight excluding hydrogens is 359 g/mol. The van der Waals surface area contributed by atoms with Crippen molar-refractivity contribution < 1.29 is 9.18 Å². The summed E-state index contributed by atoms with van der Waals surface area (Å²) in [6.07, 6.45) is 0.552. The Kier molecular flexibility index (Phi) is 6.24. The number of rotatable bonds is 6. The molecule has 1 amide bonds. The third-order valence-corrected chi connectivity index (χ3v) is 5.10. The molecule has 3 aromatic rings. The van der Waals surface area contributed by atoms with Gasteiger partial charge in [-0.1, -0.05) is 48.2 Å². The lowest BCUT2D eigenvalue weighted by Gasteiger charge is -2.11. The van der Waals surface area contributed by atoms with Crippen molar-refractivity contribution in [3.8, 4) is 6.07 Å². The number of hydrogen-bond donors (Lipinski definition) is 1. The van der Waals surface area contributed by atoms with E-state index in [1.807, 2.05) is 42.5 Å². The monoisotopic (exact) mass is 376 g/mol. The molecule has 0 spiro atoms. The number of carbonyl (C=O) groups is 1. The van der Waals surface area contributed by atoms with Crippen molar-refractivity contribution in [2.24, 2.45) is 0 Å². The number of benzene rings is 3. The zero-order valence-electron chi connectivity index (χ0n) is 14.5. The number of nitriles is 1. The largest absolute Gasteiger partial charge is 0.352 e. The third kappa shape index (κ3) is 4.96. The number of carbonyl (C=O) groups excluding carboxylic acids is 1. The van der Waals surface area contributed by atoms with E-state index in [2.05, 4.69) is 11.4 Å². The first-order chi connectivity index (χ1) is 13.2. The molecule has 0 aliphatic heterocycles. The Hall–Kier alpha value is -3.10. The number of halogens is 1. The Morgan fingerprint density at radius 3 is 2.52 bits per heavy atom. The first-order valence-corrected chi connectivity index (χ1v) is 9.27. The molecule has 134 valence electrons. The first kappa shape index (κ1) is 18.7. The topological polar surface area (TPSA) is 52.9 Å². The highest BCUT2D eigenvalue weighted by molar-refractivity contribution is 7.99. The van der Waals surface area contributed by atoms with E-state index in [-0.39, 0.29) is 11.7 Å². The van der Waals surface area contributed by atoms with Crippen LogP contribution in [0.25, 0.3) is 0 Å². The molecule has 5 heteroatoms. The molecule has 0 fully saturated rings. The van der Waals surface area contributed by atoms with Gasteiger partial charge in [0.25, 0.3) is 5.91 Å². The van der Waals surface area contributed by atoms with Crippen LogP contribution in [0.1, 0.15) is 21.5 Å². The fraction of sp³-hybridized carbons (Fsp3) is 0.0909. The fourth-order valence-electron chi connectivity index (χ4n) is 2.62. The highest BCUT2D eigenvalue weighted by Crippen LogP contribution is 2.32. The SMILES string of the molecule is N#Cc1ccccc1Sc1ccccc1C(=O)NCCc1cccc(F)c1. The van der Waals surface area contributed by atoms with Crippen molar-refractivity contribution in [1.82, 2.24) is 5.32 Å².